The second-order valence-corrected chi connectivity index (χ2v) is 9.42. The Bertz CT molecular complexity index is 1030. The molecule has 1 saturated heterocycles. The first-order valence-corrected chi connectivity index (χ1v) is 10.9. The van der Waals surface area contributed by atoms with Crippen LogP contribution in [0.15, 0.2) is 30.5 Å². The third-order valence-electron chi connectivity index (χ3n) is 6.70. The van der Waals surface area contributed by atoms with E-state index in [-0.39, 0.29) is 11.3 Å². The maximum absolute atomic E-state index is 12.3. The molecule has 1 amide bonds. The van der Waals surface area contributed by atoms with Gasteiger partial charge in [-0.05, 0) is 61.8 Å². The minimum absolute atomic E-state index is 0.0182. The Kier molecular flexibility index (Phi) is 4.62. The zero-order valence-corrected chi connectivity index (χ0v) is 18.0. The zero-order valence-electron chi connectivity index (χ0n) is 18.0. The molecule has 2 N–H and O–H groups in total. The van der Waals surface area contributed by atoms with E-state index in [0.29, 0.717) is 12.6 Å². The van der Waals surface area contributed by atoms with Gasteiger partial charge in [0.1, 0.15) is 0 Å². The van der Waals surface area contributed by atoms with Gasteiger partial charge in [-0.25, -0.2) is 9.97 Å². The molecule has 1 aromatic heterocycles. The predicted molar refractivity (Wildman–Crippen MR) is 119 cm³/mol. The quantitative estimate of drug-likeness (QED) is 0.825. The SMILES string of the molecule is CN1CCC(Nc2ncc3c(n2)CC=C3c2ccc3c(c2)C(C)(C)CNC3=O)CC1. The molecule has 3 heterocycles. The lowest BCUT2D eigenvalue weighted by Crippen LogP contribution is -2.43. The van der Waals surface area contributed by atoms with E-state index in [1.807, 2.05) is 18.3 Å². The normalized spacial score (nSPS) is 20.9. The van der Waals surface area contributed by atoms with Crippen molar-refractivity contribution in [3.63, 3.8) is 0 Å². The van der Waals surface area contributed by atoms with Crippen molar-refractivity contribution < 1.29 is 4.79 Å². The summed E-state index contributed by atoms with van der Waals surface area (Å²) in [6.45, 7) is 7.24. The van der Waals surface area contributed by atoms with Crippen LogP contribution in [0.2, 0.25) is 0 Å². The molecule has 0 atom stereocenters. The molecule has 5 rings (SSSR count). The number of hydrogen-bond donors (Lipinski definition) is 2. The maximum atomic E-state index is 12.3. The Morgan fingerprint density at radius 2 is 2.00 bits per heavy atom. The van der Waals surface area contributed by atoms with Gasteiger partial charge in [-0.15, -0.1) is 0 Å². The molecule has 2 aliphatic heterocycles. The standard InChI is InChI=1S/C24H29N5O/c1-24(2)14-26-22(30)18-5-4-15(12-20(18)24)17-6-7-21-19(17)13-25-23(28-21)27-16-8-10-29(3)11-9-16/h4-6,12-13,16H,7-11,14H2,1-3H3,(H,26,30)(H,25,27,28). The van der Waals surface area contributed by atoms with Gasteiger partial charge in [-0.1, -0.05) is 26.0 Å². The lowest BCUT2D eigenvalue weighted by molar-refractivity contribution is 0.0930. The highest BCUT2D eigenvalue weighted by Crippen LogP contribution is 2.36. The zero-order chi connectivity index (χ0) is 20.9. The Balaban J connectivity index is 1.40. The highest BCUT2D eigenvalue weighted by Gasteiger charge is 2.32. The molecule has 1 aliphatic carbocycles. The number of anilines is 1. The summed E-state index contributed by atoms with van der Waals surface area (Å²) in [5.41, 5.74) is 6.28. The van der Waals surface area contributed by atoms with E-state index < -0.39 is 0 Å². The molecule has 30 heavy (non-hydrogen) atoms. The van der Waals surface area contributed by atoms with Crippen molar-refractivity contribution in [3.8, 4) is 0 Å². The van der Waals surface area contributed by atoms with Crippen LogP contribution < -0.4 is 10.6 Å². The van der Waals surface area contributed by atoms with Crippen LogP contribution in [0.5, 0.6) is 0 Å². The van der Waals surface area contributed by atoms with Crippen LogP contribution in [0, 0.1) is 0 Å². The summed E-state index contributed by atoms with van der Waals surface area (Å²) in [5, 5.41) is 6.52. The number of benzene rings is 1. The molecule has 1 aromatic carbocycles. The van der Waals surface area contributed by atoms with Gasteiger partial charge in [0.05, 0.1) is 5.69 Å². The molecule has 0 bridgehead atoms. The minimum Gasteiger partial charge on any atom is -0.351 e. The number of likely N-dealkylation sites (tertiary alicyclic amines) is 1. The molecule has 2 aromatic rings. The fourth-order valence-electron chi connectivity index (χ4n) is 4.75. The van der Waals surface area contributed by atoms with Crippen LogP contribution in [0.1, 0.15) is 59.4 Å². The molecule has 156 valence electrons. The summed E-state index contributed by atoms with van der Waals surface area (Å²) in [6, 6.07) is 6.63. The number of fused-ring (bicyclic) bond motifs is 2. The second kappa shape index (κ2) is 7.20. The third-order valence-corrected chi connectivity index (χ3v) is 6.70. The molecular weight excluding hydrogens is 374 g/mol. The Labute approximate surface area is 177 Å². The van der Waals surface area contributed by atoms with E-state index in [1.54, 1.807) is 0 Å². The summed E-state index contributed by atoms with van der Waals surface area (Å²) in [7, 11) is 2.17. The summed E-state index contributed by atoms with van der Waals surface area (Å²) in [4.78, 5) is 24.1. The summed E-state index contributed by atoms with van der Waals surface area (Å²) < 4.78 is 0. The van der Waals surface area contributed by atoms with Crippen molar-refractivity contribution in [2.75, 3.05) is 32.0 Å². The predicted octanol–water partition coefficient (Wildman–Crippen LogP) is 2.99. The van der Waals surface area contributed by atoms with Gasteiger partial charge in [0, 0.05) is 41.7 Å². The Hall–Kier alpha value is -2.73. The van der Waals surface area contributed by atoms with Crippen LogP contribution in [-0.4, -0.2) is 53.5 Å². The number of carbonyl (C=O) groups is 1. The van der Waals surface area contributed by atoms with Crippen LogP contribution in [0.3, 0.4) is 0 Å². The first kappa shape index (κ1) is 19.2. The summed E-state index contributed by atoms with van der Waals surface area (Å²) >= 11 is 0. The van der Waals surface area contributed by atoms with Gasteiger partial charge in [0.25, 0.3) is 5.91 Å². The number of allylic oxidation sites excluding steroid dienone is 1. The average Bonchev–Trinajstić information content (AvgIpc) is 3.16. The van der Waals surface area contributed by atoms with E-state index in [2.05, 4.69) is 53.6 Å². The van der Waals surface area contributed by atoms with E-state index >= 15 is 0 Å². The Morgan fingerprint density at radius 1 is 1.20 bits per heavy atom. The van der Waals surface area contributed by atoms with Crippen molar-refractivity contribution >= 4 is 17.4 Å². The van der Waals surface area contributed by atoms with E-state index in [9.17, 15) is 4.79 Å². The molecule has 0 unspecified atom stereocenters. The van der Waals surface area contributed by atoms with Crippen LogP contribution >= 0.6 is 0 Å². The van der Waals surface area contributed by atoms with Crippen LogP contribution in [0.25, 0.3) is 5.57 Å². The minimum atomic E-state index is -0.0837. The van der Waals surface area contributed by atoms with Gasteiger partial charge >= 0.3 is 0 Å². The average molecular weight is 404 g/mol. The molecule has 0 spiro atoms. The fourth-order valence-corrected chi connectivity index (χ4v) is 4.75. The number of piperidine rings is 1. The van der Waals surface area contributed by atoms with Crippen molar-refractivity contribution in [1.29, 1.82) is 0 Å². The summed E-state index contributed by atoms with van der Waals surface area (Å²) in [6.07, 6.45) is 7.25. The first-order chi connectivity index (χ1) is 14.4. The molecule has 3 aliphatic rings. The molecular formula is C24H29N5O. The van der Waals surface area contributed by atoms with Crippen molar-refractivity contribution in [1.82, 2.24) is 20.2 Å². The molecule has 0 radical (unpaired) electrons. The van der Waals surface area contributed by atoms with E-state index in [0.717, 1.165) is 66.2 Å². The van der Waals surface area contributed by atoms with Gasteiger partial charge < -0.3 is 15.5 Å². The molecule has 6 heteroatoms. The highest BCUT2D eigenvalue weighted by atomic mass is 16.1. The lowest BCUT2D eigenvalue weighted by atomic mass is 9.77. The number of carbonyl (C=O) groups excluding carboxylic acids is 1. The first-order valence-electron chi connectivity index (χ1n) is 10.9. The fraction of sp³-hybridized carbons (Fsp3) is 0.458. The summed E-state index contributed by atoms with van der Waals surface area (Å²) in [5.74, 6) is 0.755. The number of amides is 1. The van der Waals surface area contributed by atoms with Crippen molar-refractivity contribution in [3.05, 3.63) is 58.4 Å². The van der Waals surface area contributed by atoms with Crippen LogP contribution in [0.4, 0.5) is 5.95 Å². The number of rotatable bonds is 3. The van der Waals surface area contributed by atoms with Gasteiger partial charge in [0.15, 0.2) is 0 Å². The van der Waals surface area contributed by atoms with E-state index in [1.165, 1.54) is 5.57 Å². The number of aromatic nitrogens is 2. The maximum Gasteiger partial charge on any atom is 0.251 e. The second-order valence-electron chi connectivity index (χ2n) is 9.42. The van der Waals surface area contributed by atoms with E-state index in [4.69, 9.17) is 4.98 Å². The number of nitrogens with one attached hydrogen (secondary N) is 2. The monoisotopic (exact) mass is 403 g/mol. The molecule has 1 fully saturated rings. The smallest absolute Gasteiger partial charge is 0.251 e. The lowest BCUT2D eigenvalue weighted by Gasteiger charge is -2.33. The van der Waals surface area contributed by atoms with Crippen molar-refractivity contribution in [2.24, 2.45) is 0 Å². The topological polar surface area (TPSA) is 70.2 Å². The van der Waals surface area contributed by atoms with Crippen LogP contribution in [-0.2, 0) is 11.8 Å². The number of nitrogens with zero attached hydrogens (tertiary/aromatic N) is 3. The van der Waals surface area contributed by atoms with Gasteiger partial charge in [-0.2, -0.15) is 0 Å². The highest BCUT2D eigenvalue weighted by molar-refractivity contribution is 5.98. The van der Waals surface area contributed by atoms with Gasteiger partial charge in [-0.3, -0.25) is 4.79 Å². The molecule has 6 nitrogen and oxygen atoms in total. The molecule has 0 saturated carbocycles. The van der Waals surface area contributed by atoms with Gasteiger partial charge in [0.2, 0.25) is 5.95 Å². The largest absolute Gasteiger partial charge is 0.351 e. The third kappa shape index (κ3) is 3.39. The Morgan fingerprint density at radius 3 is 2.80 bits per heavy atom. The van der Waals surface area contributed by atoms with Crippen molar-refractivity contribution in [2.45, 2.75) is 44.6 Å². The number of hydrogen-bond acceptors (Lipinski definition) is 5.